The SMILES string of the molecule is CCCOCCNC(=O)CCOCCOCCOCCOCCNCC. The topological polar surface area (TPSA) is 87.3 Å². The molecule has 0 fully saturated rings. The zero-order valence-corrected chi connectivity index (χ0v) is 16.6. The Morgan fingerprint density at radius 1 is 0.654 bits per heavy atom. The second kappa shape index (κ2) is 22.3. The van der Waals surface area contributed by atoms with Crippen LogP contribution < -0.4 is 10.6 Å². The Kier molecular flexibility index (Phi) is 21.6. The Labute approximate surface area is 158 Å². The van der Waals surface area contributed by atoms with Gasteiger partial charge in [-0.25, -0.2) is 0 Å². The molecule has 2 N–H and O–H groups in total. The molecule has 0 aromatic heterocycles. The lowest BCUT2D eigenvalue weighted by atomic mass is 10.4. The van der Waals surface area contributed by atoms with Crippen molar-refractivity contribution in [1.82, 2.24) is 10.6 Å². The van der Waals surface area contributed by atoms with E-state index in [4.69, 9.17) is 23.7 Å². The average Bonchev–Trinajstić information content (AvgIpc) is 2.64. The van der Waals surface area contributed by atoms with E-state index in [2.05, 4.69) is 24.5 Å². The summed E-state index contributed by atoms with van der Waals surface area (Å²) in [6, 6.07) is 0. The normalized spacial score (nSPS) is 11.0. The lowest BCUT2D eigenvalue weighted by Crippen LogP contribution is -2.28. The largest absolute Gasteiger partial charge is 0.380 e. The molecule has 0 saturated carbocycles. The van der Waals surface area contributed by atoms with E-state index in [0.717, 1.165) is 26.1 Å². The number of ether oxygens (including phenoxy) is 5. The summed E-state index contributed by atoms with van der Waals surface area (Å²) >= 11 is 0. The molecular weight excluding hydrogens is 340 g/mol. The number of rotatable bonds is 21. The van der Waals surface area contributed by atoms with Crippen molar-refractivity contribution in [2.75, 3.05) is 85.7 Å². The zero-order chi connectivity index (χ0) is 19.1. The van der Waals surface area contributed by atoms with E-state index in [1.54, 1.807) is 0 Å². The van der Waals surface area contributed by atoms with Gasteiger partial charge in [0, 0.05) is 26.1 Å². The number of hydrogen-bond donors (Lipinski definition) is 2. The maximum Gasteiger partial charge on any atom is 0.222 e. The van der Waals surface area contributed by atoms with E-state index in [1.807, 2.05) is 0 Å². The number of carbonyl (C=O) groups excluding carboxylic acids is 1. The summed E-state index contributed by atoms with van der Waals surface area (Å²) in [6.07, 6.45) is 1.34. The molecule has 0 unspecified atom stereocenters. The Bertz CT molecular complexity index is 295. The second-order valence-corrected chi connectivity index (χ2v) is 5.52. The van der Waals surface area contributed by atoms with E-state index in [9.17, 15) is 4.79 Å². The van der Waals surface area contributed by atoms with Crippen LogP contribution in [0.2, 0.25) is 0 Å². The van der Waals surface area contributed by atoms with Gasteiger partial charge in [0.2, 0.25) is 5.91 Å². The zero-order valence-electron chi connectivity index (χ0n) is 16.6. The lowest BCUT2D eigenvalue weighted by Gasteiger charge is -2.08. The van der Waals surface area contributed by atoms with Crippen molar-refractivity contribution in [2.24, 2.45) is 0 Å². The Morgan fingerprint density at radius 2 is 1.15 bits per heavy atom. The predicted octanol–water partition coefficient (Wildman–Crippen LogP) is 0.595. The third-order valence-electron chi connectivity index (χ3n) is 3.18. The number of amides is 1. The Balaban J connectivity index is 3.09. The molecule has 0 aliphatic rings. The standard InChI is InChI=1S/C18H38N2O6/c1-3-8-22-11-7-20-18(21)5-9-23-12-14-25-16-17-26-15-13-24-10-6-19-4-2/h19H,3-17H2,1-2H3,(H,20,21). The highest BCUT2D eigenvalue weighted by Gasteiger charge is 2.00. The molecule has 0 radical (unpaired) electrons. The molecule has 0 heterocycles. The first-order valence-electron chi connectivity index (χ1n) is 9.67. The Hall–Kier alpha value is -0.770. The van der Waals surface area contributed by atoms with Crippen molar-refractivity contribution in [2.45, 2.75) is 26.7 Å². The van der Waals surface area contributed by atoms with Crippen LogP contribution in [-0.4, -0.2) is 91.6 Å². The van der Waals surface area contributed by atoms with Crippen LogP contribution in [0, 0.1) is 0 Å². The average molecular weight is 379 g/mol. The van der Waals surface area contributed by atoms with E-state index in [0.29, 0.717) is 72.4 Å². The summed E-state index contributed by atoms with van der Waals surface area (Å²) in [5, 5.41) is 5.97. The van der Waals surface area contributed by atoms with Crippen molar-refractivity contribution < 1.29 is 28.5 Å². The van der Waals surface area contributed by atoms with Gasteiger partial charge in [0.05, 0.1) is 59.5 Å². The summed E-state index contributed by atoms with van der Waals surface area (Å²) in [4.78, 5) is 11.5. The van der Waals surface area contributed by atoms with Crippen molar-refractivity contribution in [3.8, 4) is 0 Å². The van der Waals surface area contributed by atoms with Gasteiger partial charge in [-0.3, -0.25) is 4.79 Å². The molecule has 0 saturated heterocycles. The summed E-state index contributed by atoms with van der Waals surface area (Å²) in [5.41, 5.74) is 0. The van der Waals surface area contributed by atoms with Gasteiger partial charge in [-0.05, 0) is 13.0 Å². The first-order valence-corrected chi connectivity index (χ1v) is 9.67. The molecule has 0 spiro atoms. The molecule has 0 rings (SSSR count). The van der Waals surface area contributed by atoms with Crippen LogP contribution >= 0.6 is 0 Å². The maximum atomic E-state index is 11.5. The highest BCUT2D eigenvalue weighted by molar-refractivity contribution is 5.75. The minimum Gasteiger partial charge on any atom is -0.380 e. The van der Waals surface area contributed by atoms with Gasteiger partial charge >= 0.3 is 0 Å². The molecular formula is C18H38N2O6. The molecule has 0 bridgehead atoms. The van der Waals surface area contributed by atoms with Gasteiger partial charge in [0.25, 0.3) is 0 Å². The quantitative estimate of drug-likeness (QED) is 0.283. The molecule has 0 atom stereocenters. The third-order valence-corrected chi connectivity index (χ3v) is 3.18. The molecule has 8 nitrogen and oxygen atoms in total. The van der Waals surface area contributed by atoms with Gasteiger partial charge < -0.3 is 34.3 Å². The monoisotopic (exact) mass is 378 g/mol. The molecule has 0 aliphatic carbocycles. The molecule has 0 aliphatic heterocycles. The van der Waals surface area contributed by atoms with Crippen LogP contribution in [0.3, 0.4) is 0 Å². The molecule has 1 amide bonds. The van der Waals surface area contributed by atoms with Crippen molar-refractivity contribution in [3.05, 3.63) is 0 Å². The summed E-state index contributed by atoms with van der Waals surface area (Å²) < 4.78 is 26.8. The Morgan fingerprint density at radius 3 is 1.73 bits per heavy atom. The fourth-order valence-electron chi connectivity index (χ4n) is 1.85. The maximum absolute atomic E-state index is 11.5. The summed E-state index contributed by atoms with van der Waals surface area (Å²) in [7, 11) is 0. The molecule has 156 valence electrons. The van der Waals surface area contributed by atoms with Crippen molar-refractivity contribution in [1.29, 1.82) is 0 Å². The fourth-order valence-corrected chi connectivity index (χ4v) is 1.85. The molecule has 8 heteroatoms. The molecule has 0 aromatic carbocycles. The van der Waals surface area contributed by atoms with E-state index < -0.39 is 0 Å². The highest BCUT2D eigenvalue weighted by atomic mass is 16.6. The van der Waals surface area contributed by atoms with Crippen LogP contribution in [0.5, 0.6) is 0 Å². The number of carbonyl (C=O) groups is 1. The van der Waals surface area contributed by atoms with Crippen LogP contribution in [0.4, 0.5) is 0 Å². The van der Waals surface area contributed by atoms with E-state index in [-0.39, 0.29) is 5.91 Å². The smallest absolute Gasteiger partial charge is 0.222 e. The van der Waals surface area contributed by atoms with Crippen LogP contribution in [0.25, 0.3) is 0 Å². The summed E-state index contributed by atoms with van der Waals surface area (Å²) in [5.74, 6) is -0.0212. The fraction of sp³-hybridized carbons (Fsp3) is 0.944. The number of hydrogen-bond acceptors (Lipinski definition) is 7. The van der Waals surface area contributed by atoms with Crippen LogP contribution in [0.1, 0.15) is 26.7 Å². The van der Waals surface area contributed by atoms with Gasteiger partial charge in [-0.2, -0.15) is 0 Å². The predicted molar refractivity (Wildman–Crippen MR) is 101 cm³/mol. The molecule has 0 aromatic rings. The van der Waals surface area contributed by atoms with E-state index in [1.165, 1.54) is 0 Å². The van der Waals surface area contributed by atoms with Gasteiger partial charge in [-0.1, -0.05) is 13.8 Å². The van der Waals surface area contributed by atoms with Crippen molar-refractivity contribution in [3.63, 3.8) is 0 Å². The minimum atomic E-state index is -0.0212. The molecule has 26 heavy (non-hydrogen) atoms. The number of nitrogens with one attached hydrogen (secondary N) is 2. The van der Waals surface area contributed by atoms with E-state index >= 15 is 0 Å². The van der Waals surface area contributed by atoms with Crippen molar-refractivity contribution >= 4 is 5.91 Å². The van der Waals surface area contributed by atoms with Gasteiger partial charge in [0.1, 0.15) is 0 Å². The summed E-state index contributed by atoms with van der Waals surface area (Å²) in [6.45, 7) is 12.1. The van der Waals surface area contributed by atoms with Gasteiger partial charge in [-0.15, -0.1) is 0 Å². The lowest BCUT2D eigenvalue weighted by molar-refractivity contribution is -0.122. The van der Waals surface area contributed by atoms with Crippen LogP contribution in [-0.2, 0) is 28.5 Å². The third kappa shape index (κ3) is 21.3. The minimum absolute atomic E-state index is 0.0212. The highest BCUT2D eigenvalue weighted by Crippen LogP contribution is 1.86. The van der Waals surface area contributed by atoms with Gasteiger partial charge in [0.15, 0.2) is 0 Å². The van der Waals surface area contributed by atoms with Crippen LogP contribution in [0.15, 0.2) is 0 Å². The first-order chi connectivity index (χ1) is 12.8. The second-order valence-electron chi connectivity index (χ2n) is 5.52. The first kappa shape index (κ1) is 25.2. The number of likely N-dealkylation sites (N-methyl/N-ethyl adjacent to an activating group) is 1.